The van der Waals surface area contributed by atoms with Gasteiger partial charge in [0.15, 0.2) is 6.17 Å². The Balaban J connectivity index is 0.00000256. The first-order chi connectivity index (χ1) is 13.9. The number of halogens is 4. The summed E-state index contributed by atoms with van der Waals surface area (Å²) in [6.45, 7) is 2.38. The van der Waals surface area contributed by atoms with Crippen LogP contribution in [0.2, 0.25) is 0 Å². The van der Waals surface area contributed by atoms with Crippen molar-refractivity contribution < 1.29 is 35.4 Å². The molecular weight excluding hydrogens is 424 g/mol. The van der Waals surface area contributed by atoms with Crippen LogP contribution in [-0.4, -0.2) is 41.1 Å². The number of rotatable bonds is 3. The van der Waals surface area contributed by atoms with Crippen molar-refractivity contribution in [2.24, 2.45) is 41.4 Å². The van der Waals surface area contributed by atoms with Gasteiger partial charge in [-0.25, -0.2) is 17.6 Å². The molecule has 0 spiro atoms. The first-order valence-electron chi connectivity index (χ1n) is 12.5. The lowest BCUT2D eigenvalue weighted by Crippen LogP contribution is -2.43. The quantitative estimate of drug-likeness (QED) is 0.480. The van der Waals surface area contributed by atoms with Gasteiger partial charge in [-0.3, -0.25) is 0 Å². The Labute approximate surface area is 192 Å². The topological polar surface area (TPSA) is 94.5 Å². The molecule has 0 aromatic carbocycles. The molecule has 6 N–H and O–H groups in total. The number of hydrogen-bond acceptors (Lipinski definition) is 0. The van der Waals surface area contributed by atoms with Gasteiger partial charge in [-0.05, 0) is 112 Å². The van der Waals surface area contributed by atoms with E-state index in [1.165, 1.54) is 51.4 Å². The molecule has 0 aromatic rings. The van der Waals surface area contributed by atoms with Crippen LogP contribution in [0, 0.1) is 41.4 Å². The molecule has 3 nitrogen and oxygen atoms in total. The maximum absolute atomic E-state index is 15.1. The van der Waals surface area contributed by atoms with Crippen molar-refractivity contribution in [1.29, 1.82) is 0 Å². The van der Waals surface area contributed by atoms with E-state index in [0.29, 0.717) is 18.3 Å². The van der Waals surface area contributed by atoms with Crippen LogP contribution in [0.25, 0.3) is 0 Å². The van der Waals surface area contributed by atoms with E-state index in [2.05, 4.69) is 6.92 Å². The summed E-state index contributed by atoms with van der Waals surface area (Å²) in [4.78, 5) is 0. The Kier molecular flexibility index (Phi) is 11.9. The molecule has 4 saturated carbocycles. The lowest BCUT2D eigenvalue weighted by molar-refractivity contribution is -0.0292. The van der Waals surface area contributed by atoms with Gasteiger partial charge in [-0.15, -0.1) is 0 Å². The first-order valence-corrected chi connectivity index (χ1v) is 12.5. The van der Waals surface area contributed by atoms with Crippen molar-refractivity contribution in [2.75, 3.05) is 0 Å². The molecule has 7 heteroatoms. The molecule has 32 heavy (non-hydrogen) atoms. The zero-order valence-electron chi connectivity index (χ0n) is 19.6. The zero-order chi connectivity index (χ0) is 20.5. The lowest BCUT2D eigenvalue weighted by atomic mass is 9.63. The standard InChI is InChI=1S/C25H40F4.3H2O.H2/c1-15-2-4-16(5-3-15)17-6-8-18(9-7-17)19-10-11-21(22(26)12-19)20-13-23(27)25(29)24(28)14-20;;;;/h15-25H,2-14H2,1H3;3*1H2;1H. The predicted octanol–water partition coefficient (Wildman–Crippen LogP) is 5.57. The first kappa shape index (κ1) is 29.6. The molecule has 5 unspecified atom stereocenters. The molecule has 4 fully saturated rings. The van der Waals surface area contributed by atoms with Gasteiger partial charge in [0.1, 0.15) is 18.5 Å². The van der Waals surface area contributed by atoms with Crippen molar-refractivity contribution in [2.45, 2.75) is 115 Å². The summed E-state index contributed by atoms with van der Waals surface area (Å²) >= 11 is 0. The maximum atomic E-state index is 15.1. The number of alkyl halides is 4. The minimum Gasteiger partial charge on any atom is -0.412 e. The highest BCUT2D eigenvalue weighted by Gasteiger charge is 2.46. The molecule has 0 amide bonds. The summed E-state index contributed by atoms with van der Waals surface area (Å²) < 4.78 is 56.1. The highest BCUT2D eigenvalue weighted by atomic mass is 19.2. The molecule has 4 rings (SSSR count). The van der Waals surface area contributed by atoms with Crippen molar-refractivity contribution in [3.05, 3.63) is 0 Å². The van der Waals surface area contributed by atoms with Crippen LogP contribution in [0.3, 0.4) is 0 Å². The van der Waals surface area contributed by atoms with Gasteiger partial charge < -0.3 is 16.4 Å². The average molecular weight is 473 g/mol. The zero-order valence-corrected chi connectivity index (χ0v) is 19.6. The van der Waals surface area contributed by atoms with Crippen molar-refractivity contribution in [1.82, 2.24) is 0 Å². The SMILES string of the molecule is CC1CCC(C2CCC(C3CCC(C4CC(F)C(F)C(F)C4)C(F)C3)CC2)CC1.O.O.O.[HH]. The fourth-order valence-corrected chi connectivity index (χ4v) is 7.48. The second-order valence-electron chi connectivity index (χ2n) is 11.2. The van der Waals surface area contributed by atoms with Crippen LogP contribution < -0.4 is 0 Å². The Bertz CT molecular complexity index is 518. The normalized spacial score (nSPS) is 47.3. The van der Waals surface area contributed by atoms with Crippen LogP contribution in [0.1, 0.15) is 91.8 Å². The highest BCUT2D eigenvalue weighted by Crippen LogP contribution is 2.49. The highest BCUT2D eigenvalue weighted by molar-refractivity contribution is 4.95. The second kappa shape index (κ2) is 12.9. The molecule has 0 heterocycles. The fourth-order valence-electron chi connectivity index (χ4n) is 7.48. The molecule has 0 aromatic heterocycles. The molecular formula is C25H48F4O3. The molecule has 4 aliphatic rings. The molecule has 0 radical (unpaired) electrons. The van der Waals surface area contributed by atoms with Gasteiger partial charge in [0, 0.05) is 1.43 Å². The summed E-state index contributed by atoms with van der Waals surface area (Å²) in [5.41, 5.74) is 0. The predicted molar refractivity (Wildman–Crippen MR) is 123 cm³/mol. The third-order valence-electron chi connectivity index (χ3n) is 9.43. The Morgan fingerprint density at radius 3 is 1.31 bits per heavy atom. The second-order valence-corrected chi connectivity index (χ2v) is 11.2. The maximum Gasteiger partial charge on any atom is 0.162 e. The third-order valence-corrected chi connectivity index (χ3v) is 9.43. The van der Waals surface area contributed by atoms with Crippen LogP contribution >= 0.6 is 0 Å². The number of hydrogen-bond donors (Lipinski definition) is 0. The van der Waals surface area contributed by atoms with Crippen LogP contribution in [-0.2, 0) is 0 Å². The Morgan fingerprint density at radius 2 is 0.844 bits per heavy atom. The molecule has 4 aliphatic carbocycles. The van der Waals surface area contributed by atoms with Crippen molar-refractivity contribution in [3.8, 4) is 0 Å². The van der Waals surface area contributed by atoms with Crippen molar-refractivity contribution >= 4 is 0 Å². The monoisotopic (exact) mass is 472 g/mol. The van der Waals surface area contributed by atoms with Crippen LogP contribution in [0.15, 0.2) is 0 Å². The fraction of sp³-hybridized carbons (Fsp3) is 1.00. The summed E-state index contributed by atoms with van der Waals surface area (Å²) in [6, 6.07) is 0. The van der Waals surface area contributed by atoms with Crippen LogP contribution in [0.4, 0.5) is 17.6 Å². The third kappa shape index (κ3) is 6.59. The summed E-state index contributed by atoms with van der Waals surface area (Å²) in [5.74, 6) is 3.19. The van der Waals surface area contributed by atoms with Gasteiger partial charge in [0.2, 0.25) is 0 Å². The smallest absolute Gasteiger partial charge is 0.162 e. The van der Waals surface area contributed by atoms with E-state index in [0.717, 1.165) is 30.6 Å². The summed E-state index contributed by atoms with van der Waals surface area (Å²) in [7, 11) is 0. The molecule has 0 bridgehead atoms. The molecule has 194 valence electrons. The average Bonchev–Trinajstić information content (AvgIpc) is 2.72. The summed E-state index contributed by atoms with van der Waals surface area (Å²) in [5, 5.41) is 0. The van der Waals surface area contributed by atoms with E-state index in [4.69, 9.17) is 0 Å². The minimum atomic E-state index is -2.01. The van der Waals surface area contributed by atoms with E-state index in [1.807, 2.05) is 0 Å². The van der Waals surface area contributed by atoms with E-state index >= 15 is 4.39 Å². The van der Waals surface area contributed by atoms with Gasteiger partial charge in [0.05, 0.1) is 0 Å². The van der Waals surface area contributed by atoms with Gasteiger partial charge >= 0.3 is 0 Å². The molecule has 5 atom stereocenters. The van der Waals surface area contributed by atoms with E-state index in [-0.39, 0.29) is 42.5 Å². The molecule has 0 saturated heterocycles. The van der Waals surface area contributed by atoms with Gasteiger partial charge in [-0.1, -0.05) is 19.8 Å². The van der Waals surface area contributed by atoms with E-state index < -0.39 is 24.7 Å². The van der Waals surface area contributed by atoms with Gasteiger partial charge in [-0.2, -0.15) is 0 Å². The van der Waals surface area contributed by atoms with Gasteiger partial charge in [0.25, 0.3) is 0 Å². The largest absolute Gasteiger partial charge is 0.412 e. The minimum absolute atomic E-state index is 0. The Morgan fingerprint density at radius 1 is 0.469 bits per heavy atom. The van der Waals surface area contributed by atoms with E-state index in [1.54, 1.807) is 0 Å². The Hall–Kier alpha value is -0.400. The van der Waals surface area contributed by atoms with E-state index in [9.17, 15) is 13.2 Å². The van der Waals surface area contributed by atoms with Crippen molar-refractivity contribution in [3.63, 3.8) is 0 Å². The van der Waals surface area contributed by atoms with Crippen LogP contribution in [0.5, 0.6) is 0 Å². The molecule has 0 aliphatic heterocycles. The lowest BCUT2D eigenvalue weighted by Gasteiger charge is -2.44. The summed E-state index contributed by atoms with van der Waals surface area (Å²) in [6.07, 6.45) is 6.49.